The second-order valence-electron chi connectivity index (χ2n) is 8.68. The molecule has 2 aliphatic carbocycles. The van der Waals surface area contributed by atoms with Crippen molar-refractivity contribution in [2.45, 2.75) is 33.1 Å². The molecule has 1 aromatic heterocycles. The fraction of sp³-hybridized carbons (Fsp3) is 0.429. The van der Waals surface area contributed by atoms with E-state index < -0.39 is 15.4 Å². The van der Waals surface area contributed by atoms with Gasteiger partial charge in [0, 0.05) is 11.8 Å². The molecule has 1 heterocycles. The number of fused-ring (bicyclic) bond motifs is 5. The van der Waals surface area contributed by atoms with Crippen molar-refractivity contribution in [2.24, 2.45) is 16.7 Å². The van der Waals surface area contributed by atoms with Gasteiger partial charge in [-0.25, -0.2) is 13.4 Å². The number of nitrogens with one attached hydrogen (secondary N) is 1. The van der Waals surface area contributed by atoms with Gasteiger partial charge in [0.1, 0.15) is 5.78 Å². The molecule has 5 nitrogen and oxygen atoms in total. The molecule has 2 bridgehead atoms. The first-order chi connectivity index (χ1) is 13.2. The van der Waals surface area contributed by atoms with Crippen LogP contribution in [0.1, 0.15) is 33.1 Å². The van der Waals surface area contributed by atoms with Gasteiger partial charge in [0.05, 0.1) is 21.4 Å². The second-order valence-corrected chi connectivity index (χ2v) is 11.4. The topological polar surface area (TPSA) is 76.1 Å². The summed E-state index contributed by atoms with van der Waals surface area (Å²) in [7, 11) is -3.69. The number of anilines is 1. The Morgan fingerprint density at radius 1 is 1.21 bits per heavy atom. The molecule has 2 fully saturated rings. The van der Waals surface area contributed by atoms with E-state index in [9.17, 15) is 13.2 Å². The molecule has 2 atom stereocenters. The van der Waals surface area contributed by atoms with Crippen LogP contribution in [0.5, 0.6) is 0 Å². The zero-order chi connectivity index (χ0) is 19.7. The Morgan fingerprint density at radius 3 is 2.71 bits per heavy atom. The van der Waals surface area contributed by atoms with Crippen molar-refractivity contribution < 1.29 is 13.2 Å². The number of hydrogen-bond donors (Lipinski definition) is 1. The van der Waals surface area contributed by atoms with Gasteiger partial charge in [-0.1, -0.05) is 55.5 Å². The first kappa shape index (κ1) is 18.1. The van der Waals surface area contributed by atoms with Crippen LogP contribution in [0.15, 0.2) is 36.4 Å². The zero-order valence-corrected chi connectivity index (χ0v) is 17.5. The van der Waals surface area contributed by atoms with Gasteiger partial charge in [0.25, 0.3) is 0 Å². The van der Waals surface area contributed by atoms with Crippen molar-refractivity contribution in [1.29, 1.82) is 0 Å². The van der Waals surface area contributed by atoms with Crippen LogP contribution in [0.4, 0.5) is 5.13 Å². The lowest BCUT2D eigenvalue weighted by Crippen LogP contribution is -2.43. The van der Waals surface area contributed by atoms with Crippen LogP contribution in [0.3, 0.4) is 0 Å². The number of nitrogens with zero attached hydrogens (tertiary/aromatic N) is 1. The summed E-state index contributed by atoms with van der Waals surface area (Å²) in [4.78, 5) is 17.2. The molecule has 0 amide bonds. The van der Waals surface area contributed by atoms with Crippen molar-refractivity contribution in [3.63, 3.8) is 0 Å². The van der Waals surface area contributed by atoms with E-state index in [1.165, 1.54) is 11.3 Å². The number of rotatable bonds is 4. The van der Waals surface area contributed by atoms with Crippen molar-refractivity contribution in [3.05, 3.63) is 36.4 Å². The van der Waals surface area contributed by atoms with Gasteiger partial charge in [-0.2, -0.15) is 0 Å². The molecule has 3 aromatic rings. The maximum atomic E-state index is 13.0. The highest BCUT2D eigenvalue weighted by molar-refractivity contribution is 7.93. The molecular weight excluding hydrogens is 392 g/mol. The standard InChI is InChI=1S/C21H22N2O3S2/c1-20(2)14-9-10-21(20,17(24)11-14)12-28(25,26)23-19-22-18-15-6-4-3-5-13(15)7-8-16(18)27-19/h3-8,14H,9-12H2,1-2H3,(H,22,23)/t14-,21-/m0/s1. The molecule has 0 aliphatic heterocycles. The minimum absolute atomic E-state index is 0.106. The summed E-state index contributed by atoms with van der Waals surface area (Å²) in [6.07, 6.45) is 2.10. The fourth-order valence-corrected chi connectivity index (χ4v) is 8.30. The van der Waals surface area contributed by atoms with E-state index in [1.54, 1.807) is 0 Å². The van der Waals surface area contributed by atoms with E-state index in [4.69, 9.17) is 0 Å². The number of carbonyl (C=O) groups is 1. The van der Waals surface area contributed by atoms with Crippen LogP contribution in [0.2, 0.25) is 0 Å². The summed E-state index contributed by atoms with van der Waals surface area (Å²) in [5.41, 5.74) is -0.243. The molecule has 2 saturated carbocycles. The monoisotopic (exact) mass is 414 g/mol. The molecule has 146 valence electrons. The lowest BCUT2D eigenvalue weighted by molar-refractivity contribution is -0.128. The zero-order valence-electron chi connectivity index (χ0n) is 15.9. The molecule has 28 heavy (non-hydrogen) atoms. The Morgan fingerprint density at radius 2 is 2.00 bits per heavy atom. The Hall–Kier alpha value is -1.99. The lowest BCUT2D eigenvalue weighted by atomic mass is 9.70. The summed E-state index contributed by atoms with van der Waals surface area (Å²) in [6.45, 7) is 4.10. The molecule has 0 radical (unpaired) electrons. The maximum absolute atomic E-state index is 13.0. The Bertz CT molecular complexity index is 1230. The van der Waals surface area contributed by atoms with E-state index in [-0.39, 0.29) is 17.0 Å². The minimum Gasteiger partial charge on any atom is -0.299 e. The molecule has 5 rings (SSSR count). The van der Waals surface area contributed by atoms with Crippen LogP contribution >= 0.6 is 11.3 Å². The number of sulfonamides is 1. The molecular formula is C21H22N2O3S2. The Kier molecular flexibility index (Phi) is 3.72. The number of Topliss-reactive ketones (excluding diaryl/α,β-unsaturated/α-hetero) is 1. The molecule has 7 heteroatoms. The summed E-state index contributed by atoms with van der Waals surface area (Å²) < 4.78 is 29.6. The molecule has 2 aromatic carbocycles. The molecule has 2 aliphatic rings. The highest BCUT2D eigenvalue weighted by Gasteiger charge is 2.65. The summed E-state index contributed by atoms with van der Waals surface area (Å²) in [5, 5.41) is 2.44. The van der Waals surface area contributed by atoms with Gasteiger partial charge < -0.3 is 0 Å². The first-order valence-corrected chi connectivity index (χ1v) is 12.0. The van der Waals surface area contributed by atoms with E-state index in [0.717, 1.165) is 27.4 Å². The third-order valence-electron chi connectivity index (χ3n) is 7.10. The Labute approximate surface area is 168 Å². The molecule has 1 N–H and O–H groups in total. The number of thiazole rings is 1. The van der Waals surface area contributed by atoms with Gasteiger partial charge in [0.15, 0.2) is 5.13 Å². The predicted octanol–water partition coefficient (Wildman–Crippen LogP) is 4.59. The maximum Gasteiger partial charge on any atom is 0.235 e. The fourth-order valence-electron chi connectivity index (χ4n) is 5.31. The van der Waals surface area contributed by atoms with E-state index in [2.05, 4.69) is 23.6 Å². The molecule has 0 unspecified atom stereocenters. The van der Waals surface area contributed by atoms with Crippen molar-refractivity contribution in [2.75, 3.05) is 10.5 Å². The summed E-state index contributed by atoms with van der Waals surface area (Å²) in [6, 6.07) is 11.9. The summed E-state index contributed by atoms with van der Waals surface area (Å²) in [5.74, 6) is 0.248. The quantitative estimate of drug-likeness (QED) is 0.678. The number of ketones is 1. The van der Waals surface area contributed by atoms with Gasteiger partial charge >= 0.3 is 0 Å². The number of carbonyl (C=O) groups excluding carboxylic acids is 1. The van der Waals surface area contributed by atoms with Crippen molar-refractivity contribution >= 4 is 53.3 Å². The van der Waals surface area contributed by atoms with Crippen LogP contribution < -0.4 is 4.72 Å². The van der Waals surface area contributed by atoms with E-state index in [0.29, 0.717) is 23.9 Å². The highest BCUT2D eigenvalue weighted by atomic mass is 32.2. The molecule has 0 saturated heterocycles. The highest BCUT2D eigenvalue weighted by Crippen LogP contribution is 2.64. The number of benzene rings is 2. The minimum atomic E-state index is -3.69. The average Bonchev–Trinajstić information content (AvgIpc) is 3.19. The van der Waals surface area contributed by atoms with Crippen LogP contribution in [0.25, 0.3) is 21.0 Å². The first-order valence-electron chi connectivity index (χ1n) is 9.54. The Balaban J connectivity index is 1.49. The molecule has 0 spiro atoms. The van der Waals surface area contributed by atoms with Crippen molar-refractivity contribution in [1.82, 2.24) is 4.98 Å². The van der Waals surface area contributed by atoms with Gasteiger partial charge in [-0.15, -0.1) is 0 Å². The SMILES string of the molecule is CC1(C)[C@H]2CC[C@]1(CS(=O)(=O)Nc1nc3c(ccc4ccccc43)s1)C(=O)C2. The summed E-state index contributed by atoms with van der Waals surface area (Å²) >= 11 is 1.33. The predicted molar refractivity (Wildman–Crippen MR) is 113 cm³/mol. The van der Waals surface area contributed by atoms with E-state index >= 15 is 0 Å². The number of aromatic nitrogens is 1. The smallest absolute Gasteiger partial charge is 0.235 e. The van der Waals surface area contributed by atoms with Gasteiger partial charge in [-0.05, 0) is 35.6 Å². The van der Waals surface area contributed by atoms with Crippen LogP contribution in [-0.2, 0) is 14.8 Å². The van der Waals surface area contributed by atoms with Crippen molar-refractivity contribution in [3.8, 4) is 0 Å². The number of hydrogen-bond acceptors (Lipinski definition) is 5. The van der Waals surface area contributed by atoms with Crippen LogP contribution in [-0.4, -0.2) is 24.9 Å². The third-order valence-corrected chi connectivity index (χ3v) is 9.54. The third kappa shape index (κ3) is 2.45. The normalized spacial score (nSPS) is 26.4. The second kappa shape index (κ2) is 5.76. The van der Waals surface area contributed by atoms with Gasteiger partial charge in [-0.3, -0.25) is 9.52 Å². The van der Waals surface area contributed by atoms with Crippen LogP contribution in [0, 0.1) is 16.7 Å². The largest absolute Gasteiger partial charge is 0.299 e. The van der Waals surface area contributed by atoms with Gasteiger partial charge in [0.2, 0.25) is 10.0 Å². The lowest BCUT2D eigenvalue weighted by Gasteiger charge is -2.35. The van der Waals surface area contributed by atoms with E-state index in [1.807, 2.05) is 36.4 Å². The average molecular weight is 415 g/mol.